The summed E-state index contributed by atoms with van der Waals surface area (Å²) in [5, 5.41) is 11.0. The highest BCUT2D eigenvalue weighted by atomic mass is 32.2. The molecule has 74 valence electrons. The van der Waals surface area contributed by atoms with E-state index in [4.69, 9.17) is 5.11 Å². The Kier molecular flexibility index (Phi) is 2.41. The lowest BCUT2D eigenvalue weighted by Crippen LogP contribution is -2.28. The van der Waals surface area contributed by atoms with E-state index >= 15 is 0 Å². The molecule has 1 aromatic rings. The highest BCUT2D eigenvalue weighted by Gasteiger charge is 2.38. The van der Waals surface area contributed by atoms with Crippen LogP contribution in [0.4, 0.5) is 0 Å². The van der Waals surface area contributed by atoms with Gasteiger partial charge in [-0.3, -0.25) is 4.79 Å². The first-order chi connectivity index (χ1) is 6.62. The smallest absolute Gasteiger partial charge is 0.320 e. The molecule has 0 amide bonds. The second kappa shape index (κ2) is 3.44. The summed E-state index contributed by atoms with van der Waals surface area (Å²) in [6, 6.07) is 4.01. The molecule has 1 aliphatic heterocycles. The molecule has 0 aliphatic carbocycles. The molecule has 1 aromatic heterocycles. The van der Waals surface area contributed by atoms with Gasteiger partial charge in [-0.1, -0.05) is 12.1 Å². The van der Waals surface area contributed by atoms with E-state index in [9.17, 15) is 4.79 Å². The van der Waals surface area contributed by atoms with Gasteiger partial charge in [0.25, 0.3) is 0 Å². The molecule has 2 nitrogen and oxygen atoms in total. The Hall–Kier alpha value is -0.740. The number of rotatable bonds is 2. The van der Waals surface area contributed by atoms with Crippen molar-refractivity contribution in [3.05, 3.63) is 28.5 Å². The normalized spacial score (nSPS) is 26.2. The Labute approximate surface area is 90.6 Å². The number of allylic oxidation sites excluding steroid dienone is 1. The Bertz CT molecular complexity index is 381. The lowest BCUT2D eigenvalue weighted by Gasteiger charge is -2.16. The number of carboxylic acid groups (broad SMARTS) is 1. The molecule has 0 saturated carbocycles. The molecule has 14 heavy (non-hydrogen) atoms. The highest BCUT2D eigenvalue weighted by Crippen LogP contribution is 2.47. The second-order valence-electron chi connectivity index (χ2n) is 3.39. The van der Waals surface area contributed by atoms with Crippen LogP contribution >= 0.6 is 23.1 Å². The fraction of sp³-hybridized carbons (Fsp3) is 0.300. The lowest BCUT2D eigenvalue weighted by molar-refractivity contribution is -0.139. The average Bonchev–Trinajstić information content (AvgIpc) is 2.72. The standard InChI is InChI=1S/C10H10O2S2/c1-10(9(11)12)5-4-8(14-10)7-3-2-6-13-7/h2-4,6H,5H2,1H3,(H,11,12). The first kappa shape index (κ1) is 9.80. The van der Waals surface area contributed by atoms with Crippen molar-refractivity contribution >= 4 is 34.0 Å². The summed E-state index contributed by atoms with van der Waals surface area (Å²) in [5.74, 6) is -0.731. The van der Waals surface area contributed by atoms with Gasteiger partial charge < -0.3 is 5.11 Å². The molecular formula is C10H10O2S2. The van der Waals surface area contributed by atoms with Crippen LogP contribution < -0.4 is 0 Å². The predicted octanol–water partition coefficient (Wildman–Crippen LogP) is 3.07. The van der Waals surface area contributed by atoms with E-state index in [1.165, 1.54) is 16.6 Å². The fourth-order valence-corrected chi connectivity index (χ4v) is 3.32. The molecule has 0 spiro atoms. The van der Waals surface area contributed by atoms with E-state index < -0.39 is 10.7 Å². The number of aliphatic carboxylic acids is 1. The van der Waals surface area contributed by atoms with Gasteiger partial charge in [0.15, 0.2) is 0 Å². The van der Waals surface area contributed by atoms with Gasteiger partial charge in [-0.05, 0) is 24.8 Å². The topological polar surface area (TPSA) is 37.3 Å². The molecule has 0 fully saturated rings. The third-order valence-corrected chi connectivity index (χ3v) is 4.66. The second-order valence-corrected chi connectivity index (χ2v) is 5.88. The summed E-state index contributed by atoms with van der Waals surface area (Å²) in [4.78, 5) is 13.3. The molecule has 1 N–H and O–H groups in total. The van der Waals surface area contributed by atoms with Crippen LogP contribution in [0.2, 0.25) is 0 Å². The largest absolute Gasteiger partial charge is 0.480 e. The van der Waals surface area contributed by atoms with Crippen LogP contribution in [-0.2, 0) is 4.79 Å². The molecule has 0 radical (unpaired) electrons. The zero-order chi connectivity index (χ0) is 10.2. The minimum absolute atomic E-state index is 0.611. The summed E-state index contributed by atoms with van der Waals surface area (Å²) in [5.41, 5.74) is 0. The number of hydrogen-bond donors (Lipinski definition) is 1. The zero-order valence-corrected chi connectivity index (χ0v) is 9.32. The molecule has 1 unspecified atom stereocenters. The van der Waals surface area contributed by atoms with Crippen molar-refractivity contribution in [3.63, 3.8) is 0 Å². The molecule has 4 heteroatoms. The van der Waals surface area contributed by atoms with E-state index in [2.05, 4.69) is 0 Å². The van der Waals surface area contributed by atoms with Gasteiger partial charge >= 0.3 is 5.97 Å². The van der Waals surface area contributed by atoms with Crippen LogP contribution in [0, 0.1) is 0 Å². The van der Waals surface area contributed by atoms with Gasteiger partial charge in [-0.2, -0.15) is 0 Å². The van der Waals surface area contributed by atoms with Crippen LogP contribution in [-0.4, -0.2) is 15.8 Å². The Morgan fingerprint density at radius 2 is 2.43 bits per heavy atom. The maximum absolute atomic E-state index is 11.0. The van der Waals surface area contributed by atoms with Gasteiger partial charge in [0.05, 0.1) is 0 Å². The number of carboxylic acids is 1. The van der Waals surface area contributed by atoms with E-state index in [1.54, 1.807) is 18.3 Å². The number of thiophene rings is 1. The molecule has 0 aromatic carbocycles. The Morgan fingerprint density at radius 1 is 1.64 bits per heavy atom. The van der Waals surface area contributed by atoms with Crippen molar-refractivity contribution in [1.29, 1.82) is 0 Å². The van der Waals surface area contributed by atoms with Gasteiger partial charge in [0.1, 0.15) is 4.75 Å². The number of thioether (sulfide) groups is 1. The molecule has 1 aliphatic rings. The van der Waals surface area contributed by atoms with E-state index in [0.717, 1.165) is 4.91 Å². The van der Waals surface area contributed by atoms with Crippen molar-refractivity contribution in [3.8, 4) is 0 Å². The molecular weight excluding hydrogens is 216 g/mol. The zero-order valence-electron chi connectivity index (χ0n) is 7.69. The fourth-order valence-electron chi connectivity index (χ4n) is 1.31. The lowest BCUT2D eigenvalue weighted by atomic mass is 10.1. The van der Waals surface area contributed by atoms with Gasteiger partial charge in [0, 0.05) is 9.78 Å². The van der Waals surface area contributed by atoms with Gasteiger partial charge in [-0.25, -0.2) is 0 Å². The summed E-state index contributed by atoms with van der Waals surface area (Å²) >= 11 is 3.10. The Morgan fingerprint density at radius 3 is 2.93 bits per heavy atom. The van der Waals surface area contributed by atoms with Crippen molar-refractivity contribution in [1.82, 2.24) is 0 Å². The Balaban J connectivity index is 2.19. The van der Waals surface area contributed by atoms with Crippen molar-refractivity contribution in [2.24, 2.45) is 0 Å². The molecule has 1 atom stereocenters. The van der Waals surface area contributed by atoms with E-state index in [1.807, 2.05) is 23.6 Å². The van der Waals surface area contributed by atoms with Crippen LogP contribution in [0.15, 0.2) is 23.6 Å². The van der Waals surface area contributed by atoms with Crippen LogP contribution in [0.25, 0.3) is 4.91 Å². The SMILES string of the molecule is CC1(C(=O)O)CC=C(c2cccs2)S1. The third-order valence-electron chi connectivity index (χ3n) is 2.23. The monoisotopic (exact) mass is 226 g/mol. The summed E-state index contributed by atoms with van der Waals surface area (Å²) in [6.07, 6.45) is 2.63. The molecule has 0 bridgehead atoms. The van der Waals surface area contributed by atoms with E-state index in [-0.39, 0.29) is 0 Å². The number of hydrogen-bond acceptors (Lipinski definition) is 3. The summed E-state index contributed by atoms with van der Waals surface area (Å²) < 4.78 is -0.667. The third kappa shape index (κ3) is 1.60. The van der Waals surface area contributed by atoms with Gasteiger partial charge in [-0.15, -0.1) is 23.1 Å². The van der Waals surface area contributed by atoms with Crippen LogP contribution in [0.5, 0.6) is 0 Å². The quantitative estimate of drug-likeness (QED) is 0.842. The van der Waals surface area contributed by atoms with Crippen molar-refractivity contribution in [2.45, 2.75) is 18.1 Å². The van der Waals surface area contributed by atoms with Crippen molar-refractivity contribution < 1.29 is 9.90 Å². The van der Waals surface area contributed by atoms with Crippen LogP contribution in [0.3, 0.4) is 0 Å². The first-order valence-electron chi connectivity index (χ1n) is 4.28. The van der Waals surface area contributed by atoms with Crippen LogP contribution in [0.1, 0.15) is 18.2 Å². The molecule has 2 rings (SSSR count). The first-order valence-corrected chi connectivity index (χ1v) is 5.98. The maximum atomic E-state index is 11.0. The minimum atomic E-state index is -0.731. The molecule has 0 saturated heterocycles. The van der Waals surface area contributed by atoms with Crippen molar-refractivity contribution in [2.75, 3.05) is 0 Å². The summed E-state index contributed by atoms with van der Waals surface area (Å²) in [7, 11) is 0. The average molecular weight is 226 g/mol. The maximum Gasteiger partial charge on any atom is 0.320 e. The predicted molar refractivity (Wildman–Crippen MR) is 60.5 cm³/mol. The molecule has 2 heterocycles. The highest BCUT2D eigenvalue weighted by molar-refractivity contribution is 8.10. The van der Waals surface area contributed by atoms with E-state index in [0.29, 0.717) is 6.42 Å². The van der Waals surface area contributed by atoms with Gasteiger partial charge in [0.2, 0.25) is 0 Å². The summed E-state index contributed by atoms with van der Waals surface area (Å²) in [6.45, 7) is 1.77. The minimum Gasteiger partial charge on any atom is -0.480 e. The number of carbonyl (C=O) groups is 1.